The average molecular weight is 288 g/mol. The molecule has 1 aromatic carbocycles. The van der Waals surface area contributed by atoms with Crippen LogP contribution in [0.5, 0.6) is 0 Å². The van der Waals surface area contributed by atoms with Gasteiger partial charge in [0.15, 0.2) is 0 Å². The number of hydrogen-bond donors (Lipinski definition) is 1. The van der Waals surface area contributed by atoms with Crippen LogP contribution in [0.3, 0.4) is 0 Å². The molecule has 98 valence electrons. The molecule has 2 rings (SSSR count). The molecular formula is C13H15Cl2NO2. The minimum absolute atomic E-state index is 0.178. The van der Waals surface area contributed by atoms with Crippen LogP contribution in [0.2, 0.25) is 10.0 Å². The number of halogens is 2. The van der Waals surface area contributed by atoms with Crippen molar-refractivity contribution in [3.8, 4) is 0 Å². The average Bonchev–Trinajstić information content (AvgIpc) is 2.78. The first-order valence-corrected chi connectivity index (χ1v) is 6.74. The topological polar surface area (TPSA) is 40.5 Å². The highest BCUT2D eigenvalue weighted by Gasteiger charge is 2.26. The zero-order valence-electron chi connectivity index (χ0n) is 9.90. The Balaban J connectivity index is 2.10. The molecule has 1 saturated heterocycles. The van der Waals surface area contributed by atoms with Crippen LogP contribution < -0.4 is 0 Å². The quantitative estimate of drug-likeness (QED) is 0.920. The molecule has 1 aromatic rings. The Hall–Kier alpha value is -0.770. The SMILES string of the molecule is O=C(O)CCN1CCC[C@H]1c1ccc(Cl)c(Cl)c1. The van der Waals surface area contributed by atoms with E-state index < -0.39 is 5.97 Å². The first kappa shape index (κ1) is 13.7. The normalized spacial score (nSPS) is 20.2. The summed E-state index contributed by atoms with van der Waals surface area (Å²) in [5.41, 5.74) is 1.12. The fourth-order valence-corrected chi connectivity index (χ4v) is 2.74. The maximum Gasteiger partial charge on any atom is 0.304 e. The highest BCUT2D eigenvalue weighted by atomic mass is 35.5. The first-order chi connectivity index (χ1) is 8.58. The molecule has 0 unspecified atom stereocenters. The number of hydrogen-bond acceptors (Lipinski definition) is 2. The van der Waals surface area contributed by atoms with Crippen molar-refractivity contribution < 1.29 is 9.90 Å². The molecule has 5 heteroatoms. The highest BCUT2D eigenvalue weighted by molar-refractivity contribution is 6.42. The largest absolute Gasteiger partial charge is 0.481 e. The lowest BCUT2D eigenvalue weighted by atomic mass is 10.0. The maximum atomic E-state index is 10.6. The van der Waals surface area contributed by atoms with Crippen molar-refractivity contribution in [3.05, 3.63) is 33.8 Å². The van der Waals surface area contributed by atoms with Gasteiger partial charge in [0, 0.05) is 12.6 Å². The number of nitrogens with zero attached hydrogens (tertiary/aromatic N) is 1. The summed E-state index contributed by atoms with van der Waals surface area (Å²) in [6.45, 7) is 1.53. The van der Waals surface area contributed by atoms with E-state index in [0.29, 0.717) is 16.6 Å². The monoisotopic (exact) mass is 287 g/mol. The Morgan fingerprint density at radius 2 is 2.17 bits per heavy atom. The summed E-state index contributed by atoms with van der Waals surface area (Å²) in [6.07, 6.45) is 2.31. The van der Waals surface area contributed by atoms with Gasteiger partial charge in [0.05, 0.1) is 16.5 Å². The van der Waals surface area contributed by atoms with E-state index in [1.807, 2.05) is 12.1 Å². The molecule has 1 aliphatic heterocycles. The van der Waals surface area contributed by atoms with Crippen molar-refractivity contribution in [1.29, 1.82) is 0 Å². The summed E-state index contributed by atoms with van der Waals surface area (Å²) in [4.78, 5) is 12.8. The molecule has 0 spiro atoms. The van der Waals surface area contributed by atoms with Gasteiger partial charge >= 0.3 is 5.97 Å². The fourth-order valence-electron chi connectivity index (χ4n) is 2.43. The molecule has 3 nitrogen and oxygen atoms in total. The van der Waals surface area contributed by atoms with Crippen LogP contribution in [-0.4, -0.2) is 29.1 Å². The lowest BCUT2D eigenvalue weighted by molar-refractivity contribution is -0.137. The van der Waals surface area contributed by atoms with Crippen LogP contribution in [0.4, 0.5) is 0 Å². The van der Waals surface area contributed by atoms with Crippen molar-refractivity contribution in [1.82, 2.24) is 4.90 Å². The van der Waals surface area contributed by atoms with Crippen molar-refractivity contribution in [2.24, 2.45) is 0 Å². The van der Waals surface area contributed by atoms with E-state index in [4.69, 9.17) is 28.3 Å². The molecule has 0 bridgehead atoms. The van der Waals surface area contributed by atoms with E-state index in [-0.39, 0.29) is 12.5 Å². The van der Waals surface area contributed by atoms with E-state index in [1.165, 1.54) is 0 Å². The fraction of sp³-hybridized carbons (Fsp3) is 0.462. The molecule has 0 aromatic heterocycles. The van der Waals surface area contributed by atoms with E-state index in [0.717, 1.165) is 24.9 Å². The van der Waals surface area contributed by atoms with Crippen LogP contribution in [-0.2, 0) is 4.79 Å². The van der Waals surface area contributed by atoms with Crippen molar-refractivity contribution in [2.45, 2.75) is 25.3 Å². The predicted molar refractivity (Wildman–Crippen MR) is 72.3 cm³/mol. The van der Waals surface area contributed by atoms with Gasteiger partial charge in [0.25, 0.3) is 0 Å². The van der Waals surface area contributed by atoms with Gasteiger partial charge in [-0.1, -0.05) is 29.3 Å². The minimum atomic E-state index is -0.755. The highest BCUT2D eigenvalue weighted by Crippen LogP contribution is 2.34. The molecule has 0 amide bonds. The Bertz CT molecular complexity index is 451. The summed E-state index contributed by atoms with van der Waals surface area (Å²) < 4.78 is 0. The van der Waals surface area contributed by atoms with Gasteiger partial charge in [0.2, 0.25) is 0 Å². The van der Waals surface area contributed by atoms with E-state index in [1.54, 1.807) is 6.07 Å². The van der Waals surface area contributed by atoms with Crippen molar-refractivity contribution >= 4 is 29.2 Å². The third-order valence-corrected chi connectivity index (χ3v) is 4.04. The Labute approximate surface area is 116 Å². The van der Waals surface area contributed by atoms with Gasteiger partial charge in [-0.15, -0.1) is 0 Å². The number of rotatable bonds is 4. The van der Waals surface area contributed by atoms with Gasteiger partial charge in [-0.25, -0.2) is 0 Å². The Morgan fingerprint density at radius 3 is 2.83 bits per heavy atom. The third-order valence-electron chi connectivity index (χ3n) is 3.30. The molecule has 0 radical (unpaired) electrons. The second-order valence-electron chi connectivity index (χ2n) is 4.51. The van der Waals surface area contributed by atoms with E-state index in [2.05, 4.69) is 4.90 Å². The van der Waals surface area contributed by atoms with Gasteiger partial charge in [-0.3, -0.25) is 9.69 Å². The molecule has 0 saturated carbocycles. The summed E-state index contributed by atoms with van der Waals surface area (Å²) in [5.74, 6) is -0.755. The van der Waals surface area contributed by atoms with Gasteiger partial charge in [0.1, 0.15) is 0 Å². The lowest BCUT2D eigenvalue weighted by Gasteiger charge is -2.24. The van der Waals surface area contributed by atoms with Crippen LogP contribution in [0.1, 0.15) is 30.9 Å². The number of carbonyl (C=O) groups is 1. The molecule has 1 fully saturated rings. The Morgan fingerprint density at radius 1 is 1.39 bits per heavy atom. The number of aliphatic carboxylic acids is 1. The zero-order valence-corrected chi connectivity index (χ0v) is 11.4. The number of likely N-dealkylation sites (tertiary alicyclic amines) is 1. The molecule has 1 N–H and O–H groups in total. The molecule has 1 aliphatic rings. The summed E-state index contributed by atoms with van der Waals surface area (Å²) >= 11 is 11.9. The standard InChI is InChI=1S/C13H15Cl2NO2/c14-10-4-3-9(8-11(10)15)12-2-1-6-16(12)7-5-13(17)18/h3-4,8,12H,1-2,5-7H2,(H,17,18)/t12-/m0/s1. The summed E-state index contributed by atoms with van der Waals surface area (Å²) in [6, 6.07) is 5.91. The van der Waals surface area contributed by atoms with Crippen molar-refractivity contribution in [3.63, 3.8) is 0 Å². The smallest absolute Gasteiger partial charge is 0.304 e. The van der Waals surface area contributed by atoms with Gasteiger partial charge in [-0.05, 0) is 37.1 Å². The van der Waals surface area contributed by atoms with E-state index in [9.17, 15) is 4.79 Å². The van der Waals surface area contributed by atoms with Crippen LogP contribution in [0.15, 0.2) is 18.2 Å². The lowest BCUT2D eigenvalue weighted by Crippen LogP contribution is -2.26. The number of carboxylic acids is 1. The van der Waals surface area contributed by atoms with E-state index >= 15 is 0 Å². The summed E-state index contributed by atoms with van der Waals surface area (Å²) in [5, 5.41) is 9.85. The van der Waals surface area contributed by atoms with Gasteiger partial charge in [-0.2, -0.15) is 0 Å². The second kappa shape index (κ2) is 5.91. The maximum absolute atomic E-state index is 10.6. The predicted octanol–water partition coefficient (Wildman–Crippen LogP) is 3.61. The Kier molecular flexibility index (Phi) is 4.49. The number of carboxylic acid groups (broad SMARTS) is 1. The zero-order chi connectivity index (χ0) is 13.1. The summed E-state index contributed by atoms with van der Waals surface area (Å²) in [7, 11) is 0. The third kappa shape index (κ3) is 3.16. The molecular weight excluding hydrogens is 273 g/mol. The van der Waals surface area contributed by atoms with Crippen LogP contribution in [0, 0.1) is 0 Å². The molecule has 18 heavy (non-hydrogen) atoms. The van der Waals surface area contributed by atoms with Gasteiger partial charge < -0.3 is 5.11 Å². The molecule has 1 atom stereocenters. The first-order valence-electron chi connectivity index (χ1n) is 5.98. The van der Waals surface area contributed by atoms with Crippen molar-refractivity contribution in [2.75, 3.05) is 13.1 Å². The molecule has 1 heterocycles. The number of benzene rings is 1. The van der Waals surface area contributed by atoms with Crippen LogP contribution >= 0.6 is 23.2 Å². The second-order valence-corrected chi connectivity index (χ2v) is 5.33. The van der Waals surface area contributed by atoms with Crippen LogP contribution in [0.25, 0.3) is 0 Å². The minimum Gasteiger partial charge on any atom is -0.481 e. The molecule has 0 aliphatic carbocycles.